The maximum absolute atomic E-state index is 9.89. The van der Waals surface area contributed by atoms with Crippen LogP contribution in [-0.4, -0.2) is 26.7 Å². The van der Waals surface area contributed by atoms with Crippen molar-refractivity contribution in [2.45, 2.75) is 75.3 Å². The van der Waals surface area contributed by atoms with E-state index in [0.717, 1.165) is 36.5 Å². The quantitative estimate of drug-likeness (QED) is 0.793. The molecule has 140 valence electrons. The average molecular weight is 372 g/mol. The van der Waals surface area contributed by atoms with Crippen molar-refractivity contribution in [3.05, 3.63) is 35.5 Å². The fraction of sp³-hybridized carbons (Fsp3) is 0.571. The predicted molar refractivity (Wildman–Crippen MR) is 109 cm³/mol. The Morgan fingerprint density at radius 2 is 2.08 bits per heavy atom. The van der Waals surface area contributed by atoms with E-state index >= 15 is 0 Å². The van der Waals surface area contributed by atoms with Crippen molar-refractivity contribution in [3.8, 4) is 0 Å². The molecule has 0 radical (unpaired) electrons. The van der Waals surface area contributed by atoms with Crippen LogP contribution in [0.3, 0.4) is 0 Å². The SMILES string of the molecule is CC(C)(C)n1nc([C@H]2CC[C@@H](O)C2)cc1Nc1ccc2c(c1)CCCS2. The molecule has 1 aromatic heterocycles. The smallest absolute Gasteiger partial charge is 0.129 e. The molecule has 2 aromatic rings. The zero-order chi connectivity index (χ0) is 18.3. The van der Waals surface area contributed by atoms with E-state index in [4.69, 9.17) is 5.10 Å². The Labute approximate surface area is 160 Å². The lowest BCUT2D eigenvalue weighted by molar-refractivity contribution is 0.181. The Morgan fingerprint density at radius 3 is 2.81 bits per heavy atom. The normalized spacial score (nSPS) is 23.1. The van der Waals surface area contributed by atoms with Crippen molar-refractivity contribution in [3.63, 3.8) is 0 Å². The molecule has 1 aliphatic heterocycles. The molecule has 2 N–H and O–H groups in total. The molecule has 1 saturated carbocycles. The van der Waals surface area contributed by atoms with Gasteiger partial charge in [0.25, 0.3) is 0 Å². The molecule has 4 nitrogen and oxygen atoms in total. The first-order valence-electron chi connectivity index (χ1n) is 9.71. The van der Waals surface area contributed by atoms with Gasteiger partial charge in [0, 0.05) is 22.6 Å². The highest BCUT2D eigenvalue weighted by molar-refractivity contribution is 7.99. The van der Waals surface area contributed by atoms with E-state index < -0.39 is 0 Å². The Balaban J connectivity index is 1.63. The predicted octanol–water partition coefficient (Wildman–Crippen LogP) is 5.05. The first-order valence-corrected chi connectivity index (χ1v) is 10.7. The van der Waals surface area contributed by atoms with Gasteiger partial charge in [-0.25, -0.2) is 4.68 Å². The van der Waals surface area contributed by atoms with Crippen molar-refractivity contribution in [2.24, 2.45) is 0 Å². The van der Waals surface area contributed by atoms with Crippen LogP contribution in [0.4, 0.5) is 11.5 Å². The molecule has 4 rings (SSSR count). The van der Waals surface area contributed by atoms with Gasteiger partial charge < -0.3 is 10.4 Å². The van der Waals surface area contributed by atoms with Crippen LogP contribution in [0.5, 0.6) is 0 Å². The summed E-state index contributed by atoms with van der Waals surface area (Å²) in [6.45, 7) is 6.55. The van der Waals surface area contributed by atoms with Crippen molar-refractivity contribution in [1.82, 2.24) is 9.78 Å². The average Bonchev–Trinajstić information content (AvgIpc) is 3.21. The van der Waals surface area contributed by atoms with Crippen LogP contribution in [0, 0.1) is 0 Å². The summed E-state index contributed by atoms with van der Waals surface area (Å²) in [7, 11) is 0. The summed E-state index contributed by atoms with van der Waals surface area (Å²) in [5, 5.41) is 18.4. The van der Waals surface area contributed by atoms with Crippen LogP contribution in [0.2, 0.25) is 0 Å². The summed E-state index contributed by atoms with van der Waals surface area (Å²) >= 11 is 1.96. The number of aryl methyl sites for hydroxylation is 1. The minimum Gasteiger partial charge on any atom is -0.393 e. The second-order valence-corrected chi connectivity index (χ2v) is 9.74. The fourth-order valence-corrected chi connectivity index (χ4v) is 5.03. The third-order valence-electron chi connectivity index (χ3n) is 5.37. The van der Waals surface area contributed by atoms with E-state index in [0.29, 0.717) is 5.92 Å². The van der Waals surface area contributed by atoms with Gasteiger partial charge in [0.1, 0.15) is 5.82 Å². The van der Waals surface area contributed by atoms with Gasteiger partial charge >= 0.3 is 0 Å². The molecular formula is C21H29N3OS. The maximum atomic E-state index is 9.89. The van der Waals surface area contributed by atoms with Crippen LogP contribution in [0.15, 0.2) is 29.2 Å². The van der Waals surface area contributed by atoms with Crippen molar-refractivity contribution < 1.29 is 5.11 Å². The van der Waals surface area contributed by atoms with Gasteiger partial charge in [0.05, 0.1) is 17.3 Å². The van der Waals surface area contributed by atoms with E-state index in [1.54, 1.807) is 0 Å². The molecule has 5 heteroatoms. The Bertz CT molecular complexity index is 793. The number of aliphatic hydroxyl groups excluding tert-OH is 1. The van der Waals surface area contributed by atoms with Gasteiger partial charge in [-0.05, 0) is 82.4 Å². The molecule has 2 atom stereocenters. The van der Waals surface area contributed by atoms with Gasteiger partial charge in [0.2, 0.25) is 0 Å². The van der Waals surface area contributed by atoms with E-state index in [9.17, 15) is 5.11 Å². The lowest BCUT2D eigenvalue weighted by Gasteiger charge is -2.23. The van der Waals surface area contributed by atoms with Gasteiger partial charge in [-0.15, -0.1) is 11.8 Å². The summed E-state index contributed by atoms with van der Waals surface area (Å²) in [6, 6.07) is 8.90. The minimum atomic E-state index is -0.172. The molecule has 0 unspecified atom stereocenters. The number of aliphatic hydroxyl groups is 1. The number of rotatable bonds is 3. The number of thioether (sulfide) groups is 1. The van der Waals surface area contributed by atoms with Gasteiger partial charge in [-0.1, -0.05) is 0 Å². The number of anilines is 2. The second-order valence-electron chi connectivity index (χ2n) is 8.60. The number of benzene rings is 1. The highest BCUT2D eigenvalue weighted by atomic mass is 32.2. The molecule has 26 heavy (non-hydrogen) atoms. The Hall–Kier alpha value is -1.46. The molecule has 1 fully saturated rings. The Morgan fingerprint density at radius 1 is 1.23 bits per heavy atom. The maximum Gasteiger partial charge on any atom is 0.129 e. The monoisotopic (exact) mass is 371 g/mol. The summed E-state index contributed by atoms with van der Waals surface area (Å²) in [5.74, 6) is 2.64. The second kappa shape index (κ2) is 6.93. The van der Waals surface area contributed by atoms with Gasteiger partial charge in [-0.3, -0.25) is 0 Å². The zero-order valence-corrected chi connectivity index (χ0v) is 16.8. The summed E-state index contributed by atoms with van der Waals surface area (Å²) in [6.07, 6.45) is 5.00. The number of nitrogens with zero attached hydrogens (tertiary/aromatic N) is 2. The van der Waals surface area contributed by atoms with Crippen molar-refractivity contribution in [2.75, 3.05) is 11.1 Å². The fourth-order valence-electron chi connectivity index (χ4n) is 4.01. The highest BCUT2D eigenvalue weighted by Crippen LogP contribution is 2.37. The highest BCUT2D eigenvalue weighted by Gasteiger charge is 2.29. The van der Waals surface area contributed by atoms with Crippen LogP contribution >= 0.6 is 11.8 Å². The first-order chi connectivity index (χ1) is 12.4. The molecule has 2 heterocycles. The van der Waals surface area contributed by atoms with Crippen molar-refractivity contribution in [1.29, 1.82) is 0 Å². The van der Waals surface area contributed by atoms with Crippen LogP contribution < -0.4 is 5.32 Å². The lowest BCUT2D eigenvalue weighted by atomic mass is 10.0. The molecular weight excluding hydrogens is 342 g/mol. The van der Waals surface area contributed by atoms with E-state index in [-0.39, 0.29) is 11.6 Å². The molecule has 0 saturated heterocycles. The lowest BCUT2D eigenvalue weighted by Crippen LogP contribution is -2.24. The number of aromatic nitrogens is 2. The van der Waals surface area contributed by atoms with E-state index in [1.807, 2.05) is 11.8 Å². The largest absolute Gasteiger partial charge is 0.393 e. The summed E-state index contributed by atoms with van der Waals surface area (Å²) in [4.78, 5) is 1.42. The minimum absolute atomic E-state index is 0.0954. The third kappa shape index (κ3) is 3.65. The van der Waals surface area contributed by atoms with Gasteiger partial charge in [0.15, 0.2) is 0 Å². The van der Waals surface area contributed by atoms with Crippen LogP contribution in [0.1, 0.15) is 63.6 Å². The summed E-state index contributed by atoms with van der Waals surface area (Å²) in [5.41, 5.74) is 3.59. The van der Waals surface area contributed by atoms with Crippen LogP contribution in [0.25, 0.3) is 0 Å². The first kappa shape index (κ1) is 17.9. The number of nitrogens with one attached hydrogen (secondary N) is 1. The number of hydrogen-bond donors (Lipinski definition) is 2. The third-order valence-corrected chi connectivity index (χ3v) is 6.57. The Kier molecular flexibility index (Phi) is 4.78. The van der Waals surface area contributed by atoms with E-state index in [2.05, 4.69) is 55.0 Å². The molecule has 0 amide bonds. The molecule has 1 aromatic carbocycles. The van der Waals surface area contributed by atoms with Gasteiger partial charge in [-0.2, -0.15) is 5.10 Å². The van der Waals surface area contributed by atoms with Crippen molar-refractivity contribution >= 4 is 23.3 Å². The van der Waals surface area contributed by atoms with Crippen LogP contribution in [-0.2, 0) is 12.0 Å². The van der Waals surface area contributed by atoms with E-state index in [1.165, 1.54) is 29.1 Å². The molecule has 1 aliphatic carbocycles. The number of fused-ring (bicyclic) bond motifs is 1. The zero-order valence-electron chi connectivity index (χ0n) is 16.0. The molecule has 0 spiro atoms. The topological polar surface area (TPSA) is 50.1 Å². The summed E-state index contributed by atoms with van der Waals surface area (Å²) < 4.78 is 2.10. The standard InChI is InChI=1S/C21H29N3OS/c1-21(2,3)24-20(13-18(23-24)14-6-8-17(25)12-14)22-16-7-9-19-15(11-16)5-4-10-26-19/h7,9,11,13-14,17,22,25H,4-6,8,10,12H2,1-3H3/t14-,17+/m0/s1. The molecule has 0 bridgehead atoms. The molecule has 2 aliphatic rings. The number of hydrogen-bond acceptors (Lipinski definition) is 4.